The highest BCUT2D eigenvalue weighted by atomic mass is 79.9. The first-order valence-electron chi connectivity index (χ1n) is 2.93. The van der Waals surface area contributed by atoms with Gasteiger partial charge in [-0.1, -0.05) is 22.9 Å². The van der Waals surface area contributed by atoms with E-state index in [2.05, 4.69) is 27.8 Å². The van der Waals surface area contributed by atoms with Crippen LogP contribution < -0.4 is 0 Å². The number of aromatic nitrogens is 1. The quantitative estimate of drug-likeness (QED) is 0.656. The van der Waals surface area contributed by atoms with E-state index in [9.17, 15) is 0 Å². The summed E-state index contributed by atoms with van der Waals surface area (Å²) in [6, 6.07) is 1.96. The number of hydrogen-bond donors (Lipinski definition) is 0. The third kappa shape index (κ3) is 1.52. The van der Waals surface area contributed by atoms with Crippen molar-refractivity contribution in [2.75, 3.05) is 0 Å². The van der Waals surface area contributed by atoms with Gasteiger partial charge in [-0.05, 0) is 18.1 Å². The second kappa shape index (κ2) is 2.97. The van der Waals surface area contributed by atoms with Crippen LogP contribution in [0.5, 0.6) is 0 Å². The molecule has 1 rings (SSSR count). The zero-order chi connectivity index (χ0) is 6.69. The van der Waals surface area contributed by atoms with Crippen LogP contribution in [0.25, 0.3) is 0 Å². The van der Waals surface area contributed by atoms with Gasteiger partial charge in [-0.15, -0.1) is 0 Å². The summed E-state index contributed by atoms with van der Waals surface area (Å²) in [5.74, 6) is 0. The topological polar surface area (TPSA) is 12.9 Å². The minimum absolute atomic E-state index is 1.04. The molecular weight excluding hydrogens is 178 g/mol. The normalized spacial score (nSPS) is 9.56. The van der Waals surface area contributed by atoms with E-state index in [1.165, 1.54) is 5.56 Å². The maximum Gasteiger partial charge on any atom is 0.0311 e. The van der Waals surface area contributed by atoms with Gasteiger partial charge in [0.15, 0.2) is 0 Å². The lowest BCUT2D eigenvalue weighted by Crippen LogP contribution is -1.82. The smallest absolute Gasteiger partial charge is 0.0311 e. The molecule has 1 nitrogen and oxygen atoms in total. The molecule has 0 N–H and O–H groups in total. The van der Waals surface area contributed by atoms with E-state index in [4.69, 9.17) is 0 Å². The zero-order valence-electron chi connectivity index (χ0n) is 5.26. The van der Waals surface area contributed by atoms with E-state index >= 15 is 0 Å². The van der Waals surface area contributed by atoms with Crippen molar-refractivity contribution < 1.29 is 0 Å². The molecule has 0 aromatic carbocycles. The average Bonchev–Trinajstić information content (AvgIpc) is 1.89. The molecule has 1 heterocycles. The zero-order valence-corrected chi connectivity index (χ0v) is 6.85. The molecule has 0 fully saturated rings. The summed E-state index contributed by atoms with van der Waals surface area (Å²) in [5.41, 5.74) is 1.26. The summed E-state index contributed by atoms with van der Waals surface area (Å²) in [5, 5.41) is 0. The van der Waals surface area contributed by atoms with Crippen molar-refractivity contribution in [3.05, 3.63) is 28.5 Å². The SMILES string of the molecule is CCc1cnccc1Br. The molecule has 9 heavy (non-hydrogen) atoms. The lowest BCUT2D eigenvalue weighted by Gasteiger charge is -1.95. The molecular formula is C7H8BrN. The number of rotatable bonds is 1. The first-order valence-corrected chi connectivity index (χ1v) is 3.72. The van der Waals surface area contributed by atoms with Crippen LogP contribution in [0.4, 0.5) is 0 Å². The van der Waals surface area contributed by atoms with E-state index in [0.29, 0.717) is 0 Å². The molecule has 0 bridgehead atoms. The van der Waals surface area contributed by atoms with Gasteiger partial charge < -0.3 is 0 Å². The maximum atomic E-state index is 3.99. The summed E-state index contributed by atoms with van der Waals surface area (Å²) < 4.78 is 1.15. The molecule has 48 valence electrons. The Kier molecular flexibility index (Phi) is 2.22. The molecule has 0 aliphatic rings. The Labute approximate surface area is 63.2 Å². The van der Waals surface area contributed by atoms with Crippen LogP contribution in [-0.2, 0) is 6.42 Å². The second-order valence-corrected chi connectivity index (χ2v) is 2.67. The minimum Gasteiger partial charge on any atom is -0.264 e. The molecule has 0 radical (unpaired) electrons. The predicted octanol–water partition coefficient (Wildman–Crippen LogP) is 2.41. The number of pyridine rings is 1. The highest BCUT2D eigenvalue weighted by Crippen LogP contribution is 2.13. The summed E-state index contributed by atoms with van der Waals surface area (Å²) in [6.45, 7) is 2.11. The van der Waals surface area contributed by atoms with Crippen molar-refractivity contribution in [2.24, 2.45) is 0 Å². The van der Waals surface area contributed by atoms with Crippen LogP contribution in [0.3, 0.4) is 0 Å². The summed E-state index contributed by atoms with van der Waals surface area (Å²) in [7, 11) is 0. The van der Waals surface area contributed by atoms with E-state index < -0.39 is 0 Å². The van der Waals surface area contributed by atoms with Gasteiger partial charge in [0, 0.05) is 16.9 Å². The lowest BCUT2D eigenvalue weighted by molar-refractivity contribution is 1.09. The van der Waals surface area contributed by atoms with Crippen molar-refractivity contribution in [3.8, 4) is 0 Å². The van der Waals surface area contributed by atoms with Gasteiger partial charge in [-0.3, -0.25) is 4.98 Å². The summed E-state index contributed by atoms with van der Waals surface area (Å²) in [4.78, 5) is 3.99. The lowest BCUT2D eigenvalue weighted by atomic mass is 10.2. The van der Waals surface area contributed by atoms with Crippen LogP contribution in [0, 0.1) is 0 Å². The van der Waals surface area contributed by atoms with Crippen molar-refractivity contribution >= 4 is 15.9 Å². The van der Waals surface area contributed by atoms with Gasteiger partial charge in [0.25, 0.3) is 0 Å². The number of hydrogen-bond acceptors (Lipinski definition) is 1. The fourth-order valence-corrected chi connectivity index (χ4v) is 1.17. The largest absolute Gasteiger partial charge is 0.264 e. The number of halogens is 1. The van der Waals surface area contributed by atoms with Gasteiger partial charge >= 0.3 is 0 Å². The molecule has 0 atom stereocenters. The molecule has 0 saturated heterocycles. The maximum absolute atomic E-state index is 3.99. The fourth-order valence-electron chi connectivity index (χ4n) is 0.670. The highest BCUT2D eigenvalue weighted by Gasteiger charge is 1.92. The Morgan fingerprint density at radius 2 is 2.44 bits per heavy atom. The molecule has 0 spiro atoms. The Morgan fingerprint density at radius 1 is 1.67 bits per heavy atom. The molecule has 0 aliphatic heterocycles. The fraction of sp³-hybridized carbons (Fsp3) is 0.286. The molecule has 1 aromatic heterocycles. The van der Waals surface area contributed by atoms with Crippen molar-refractivity contribution in [1.29, 1.82) is 0 Å². The Bertz CT molecular complexity index is 198. The van der Waals surface area contributed by atoms with Gasteiger partial charge in [-0.25, -0.2) is 0 Å². The van der Waals surface area contributed by atoms with Crippen LogP contribution in [0.1, 0.15) is 12.5 Å². The average molecular weight is 186 g/mol. The van der Waals surface area contributed by atoms with Gasteiger partial charge in [0.2, 0.25) is 0 Å². The van der Waals surface area contributed by atoms with E-state index in [-0.39, 0.29) is 0 Å². The third-order valence-electron chi connectivity index (χ3n) is 1.22. The first kappa shape index (κ1) is 6.75. The molecule has 0 saturated carbocycles. The second-order valence-electron chi connectivity index (χ2n) is 1.82. The van der Waals surface area contributed by atoms with Gasteiger partial charge in [0.1, 0.15) is 0 Å². The van der Waals surface area contributed by atoms with Crippen LogP contribution in [0.2, 0.25) is 0 Å². The van der Waals surface area contributed by atoms with Gasteiger partial charge in [0.05, 0.1) is 0 Å². The van der Waals surface area contributed by atoms with Crippen molar-refractivity contribution in [1.82, 2.24) is 4.98 Å². The first-order chi connectivity index (χ1) is 4.34. The standard InChI is InChI=1S/C7H8BrN/c1-2-6-5-9-4-3-7(6)8/h3-5H,2H2,1H3. The van der Waals surface area contributed by atoms with Crippen LogP contribution in [0.15, 0.2) is 22.9 Å². The number of nitrogens with zero attached hydrogens (tertiary/aromatic N) is 1. The molecule has 1 aromatic rings. The summed E-state index contributed by atoms with van der Waals surface area (Å²) >= 11 is 3.42. The Balaban J connectivity index is 3.01. The Hall–Kier alpha value is -0.370. The van der Waals surface area contributed by atoms with Crippen molar-refractivity contribution in [2.45, 2.75) is 13.3 Å². The predicted molar refractivity (Wildman–Crippen MR) is 41.3 cm³/mol. The van der Waals surface area contributed by atoms with Crippen LogP contribution >= 0.6 is 15.9 Å². The van der Waals surface area contributed by atoms with Crippen molar-refractivity contribution in [3.63, 3.8) is 0 Å². The highest BCUT2D eigenvalue weighted by molar-refractivity contribution is 9.10. The summed E-state index contributed by atoms with van der Waals surface area (Å²) in [6.07, 6.45) is 4.70. The molecule has 0 amide bonds. The minimum atomic E-state index is 1.04. The van der Waals surface area contributed by atoms with Crippen LogP contribution in [-0.4, -0.2) is 4.98 Å². The number of aryl methyl sites for hydroxylation is 1. The van der Waals surface area contributed by atoms with E-state index in [1.54, 1.807) is 6.20 Å². The third-order valence-corrected chi connectivity index (χ3v) is 2.00. The molecule has 0 aliphatic carbocycles. The van der Waals surface area contributed by atoms with E-state index in [0.717, 1.165) is 10.9 Å². The molecule has 2 heteroatoms. The molecule has 0 unspecified atom stereocenters. The van der Waals surface area contributed by atoms with E-state index in [1.807, 2.05) is 12.3 Å². The van der Waals surface area contributed by atoms with Gasteiger partial charge in [-0.2, -0.15) is 0 Å². The monoisotopic (exact) mass is 185 g/mol. The Morgan fingerprint density at radius 3 is 2.89 bits per heavy atom.